The fourth-order valence-corrected chi connectivity index (χ4v) is 2.50. The molecule has 2 rings (SSSR count). The van der Waals surface area contributed by atoms with Crippen LogP contribution in [0.25, 0.3) is 0 Å². The summed E-state index contributed by atoms with van der Waals surface area (Å²) in [6.45, 7) is 0.531. The fraction of sp³-hybridized carbons (Fsp3) is 0.182. The highest BCUT2D eigenvalue weighted by atomic mass is 79.9. The molecule has 4 heteroatoms. The first-order valence-corrected chi connectivity index (χ1v) is 6.33. The van der Waals surface area contributed by atoms with Gasteiger partial charge < -0.3 is 5.73 Å². The number of aromatic nitrogens is 1. The number of hydrogen-bond donors (Lipinski definition) is 1. The van der Waals surface area contributed by atoms with E-state index >= 15 is 0 Å². The lowest BCUT2D eigenvalue weighted by Crippen LogP contribution is -1.96. The van der Waals surface area contributed by atoms with Gasteiger partial charge in [-0.1, -0.05) is 28.1 Å². The summed E-state index contributed by atoms with van der Waals surface area (Å²) in [5, 5.41) is 3.07. The second-order valence-corrected chi connectivity index (χ2v) is 5.10. The normalized spacial score (nSPS) is 10.5. The van der Waals surface area contributed by atoms with Gasteiger partial charge >= 0.3 is 0 Å². The van der Waals surface area contributed by atoms with Gasteiger partial charge in [0.2, 0.25) is 0 Å². The molecule has 2 aromatic rings. The molecule has 1 aromatic heterocycles. The van der Waals surface area contributed by atoms with Crippen molar-refractivity contribution in [3.8, 4) is 0 Å². The van der Waals surface area contributed by atoms with Crippen LogP contribution in [-0.2, 0) is 13.0 Å². The largest absolute Gasteiger partial charge is 0.325 e. The van der Waals surface area contributed by atoms with Crippen molar-refractivity contribution < 1.29 is 0 Å². The SMILES string of the molecule is NCc1nc(Cc2cccc(Br)c2)cs1. The minimum Gasteiger partial charge on any atom is -0.325 e. The van der Waals surface area contributed by atoms with Crippen LogP contribution < -0.4 is 5.73 Å². The Morgan fingerprint density at radius 3 is 2.93 bits per heavy atom. The molecule has 78 valence electrons. The van der Waals surface area contributed by atoms with Gasteiger partial charge in [0.05, 0.1) is 5.69 Å². The zero-order chi connectivity index (χ0) is 10.7. The molecular weight excluding hydrogens is 272 g/mol. The molecule has 0 atom stereocenters. The summed E-state index contributed by atoms with van der Waals surface area (Å²) in [6.07, 6.45) is 0.871. The number of rotatable bonds is 3. The van der Waals surface area contributed by atoms with Crippen LogP contribution in [0.15, 0.2) is 34.1 Å². The maximum atomic E-state index is 5.52. The van der Waals surface area contributed by atoms with Crippen molar-refractivity contribution in [2.45, 2.75) is 13.0 Å². The quantitative estimate of drug-likeness (QED) is 0.940. The van der Waals surface area contributed by atoms with E-state index in [-0.39, 0.29) is 0 Å². The highest BCUT2D eigenvalue weighted by Gasteiger charge is 2.02. The number of halogens is 1. The van der Waals surface area contributed by atoms with Gasteiger partial charge in [0.1, 0.15) is 5.01 Å². The van der Waals surface area contributed by atoms with Crippen molar-refractivity contribution in [2.24, 2.45) is 5.73 Å². The molecule has 2 N–H and O–H groups in total. The number of benzene rings is 1. The van der Waals surface area contributed by atoms with Crippen LogP contribution in [0.4, 0.5) is 0 Å². The summed E-state index contributed by atoms with van der Waals surface area (Å²) in [5.74, 6) is 0. The Balaban J connectivity index is 2.14. The van der Waals surface area contributed by atoms with E-state index in [1.807, 2.05) is 12.1 Å². The molecule has 0 bridgehead atoms. The molecule has 0 aliphatic rings. The molecule has 1 heterocycles. The summed E-state index contributed by atoms with van der Waals surface area (Å²) in [6, 6.07) is 8.28. The molecule has 0 amide bonds. The average Bonchev–Trinajstić information content (AvgIpc) is 2.65. The van der Waals surface area contributed by atoms with Crippen LogP contribution in [0.2, 0.25) is 0 Å². The lowest BCUT2D eigenvalue weighted by atomic mass is 10.1. The predicted octanol–water partition coefficient (Wildman–Crippen LogP) is 2.96. The Labute approximate surface area is 101 Å². The van der Waals surface area contributed by atoms with Crippen molar-refractivity contribution in [1.82, 2.24) is 4.98 Å². The van der Waals surface area contributed by atoms with Gasteiger partial charge in [-0.15, -0.1) is 11.3 Å². The van der Waals surface area contributed by atoms with Crippen LogP contribution in [0.3, 0.4) is 0 Å². The van der Waals surface area contributed by atoms with Gasteiger partial charge in [-0.05, 0) is 17.7 Å². The first-order valence-electron chi connectivity index (χ1n) is 4.65. The third kappa shape index (κ3) is 2.87. The standard InChI is InChI=1S/C11H11BrN2S/c12-9-3-1-2-8(4-9)5-10-7-15-11(6-13)14-10/h1-4,7H,5-6,13H2. The minimum absolute atomic E-state index is 0.531. The van der Waals surface area contributed by atoms with E-state index in [1.54, 1.807) is 11.3 Å². The summed E-state index contributed by atoms with van der Waals surface area (Å²) in [7, 11) is 0. The van der Waals surface area contributed by atoms with Crippen LogP contribution in [0.1, 0.15) is 16.3 Å². The molecule has 0 saturated carbocycles. The Morgan fingerprint density at radius 1 is 1.40 bits per heavy atom. The van der Waals surface area contributed by atoms with Crippen molar-refractivity contribution in [2.75, 3.05) is 0 Å². The number of hydrogen-bond acceptors (Lipinski definition) is 3. The maximum Gasteiger partial charge on any atom is 0.106 e. The summed E-state index contributed by atoms with van der Waals surface area (Å²) in [5.41, 5.74) is 7.88. The van der Waals surface area contributed by atoms with Gasteiger partial charge in [0.15, 0.2) is 0 Å². The molecule has 0 saturated heterocycles. The Hall–Kier alpha value is -0.710. The molecule has 0 radical (unpaired) electrons. The lowest BCUT2D eigenvalue weighted by molar-refractivity contribution is 0.995. The van der Waals surface area contributed by atoms with E-state index in [9.17, 15) is 0 Å². The molecule has 0 unspecified atom stereocenters. The van der Waals surface area contributed by atoms with Crippen molar-refractivity contribution in [1.29, 1.82) is 0 Å². The fourth-order valence-electron chi connectivity index (χ4n) is 1.38. The molecule has 0 aliphatic carbocycles. The van der Waals surface area contributed by atoms with Gasteiger partial charge in [-0.25, -0.2) is 4.98 Å². The van der Waals surface area contributed by atoms with Crippen molar-refractivity contribution >= 4 is 27.3 Å². The highest BCUT2D eigenvalue weighted by molar-refractivity contribution is 9.10. The molecule has 15 heavy (non-hydrogen) atoms. The van der Waals surface area contributed by atoms with Crippen molar-refractivity contribution in [3.63, 3.8) is 0 Å². The summed E-state index contributed by atoms with van der Waals surface area (Å²) >= 11 is 5.08. The third-order valence-corrected chi connectivity index (χ3v) is 3.46. The number of thiazole rings is 1. The van der Waals surface area contributed by atoms with Gasteiger partial charge in [0.25, 0.3) is 0 Å². The van der Waals surface area contributed by atoms with E-state index < -0.39 is 0 Å². The average molecular weight is 283 g/mol. The zero-order valence-electron chi connectivity index (χ0n) is 8.11. The molecule has 0 aliphatic heterocycles. The van der Waals surface area contributed by atoms with Gasteiger partial charge in [-0.2, -0.15) is 0 Å². The van der Waals surface area contributed by atoms with Gasteiger partial charge in [-0.3, -0.25) is 0 Å². The Kier molecular flexibility index (Phi) is 3.51. The summed E-state index contributed by atoms with van der Waals surface area (Å²) in [4.78, 5) is 4.43. The van der Waals surface area contributed by atoms with Crippen LogP contribution >= 0.6 is 27.3 Å². The monoisotopic (exact) mass is 282 g/mol. The van der Waals surface area contributed by atoms with Crippen molar-refractivity contribution in [3.05, 3.63) is 50.4 Å². The second kappa shape index (κ2) is 4.88. The van der Waals surface area contributed by atoms with Crippen LogP contribution in [-0.4, -0.2) is 4.98 Å². The van der Waals surface area contributed by atoms with E-state index in [0.29, 0.717) is 6.54 Å². The molecule has 0 fully saturated rings. The lowest BCUT2D eigenvalue weighted by Gasteiger charge is -1.98. The molecule has 2 nitrogen and oxygen atoms in total. The molecular formula is C11H11BrN2S. The number of nitrogens with two attached hydrogens (primary N) is 1. The molecule has 1 aromatic carbocycles. The smallest absolute Gasteiger partial charge is 0.106 e. The third-order valence-electron chi connectivity index (χ3n) is 2.05. The topological polar surface area (TPSA) is 38.9 Å². The maximum absolute atomic E-state index is 5.52. The highest BCUT2D eigenvalue weighted by Crippen LogP contribution is 2.16. The summed E-state index contributed by atoms with van der Waals surface area (Å²) < 4.78 is 1.11. The Morgan fingerprint density at radius 2 is 2.27 bits per heavy atom. The predicted molar refractivity (Wildman–Crippen MR) is 67.0 cm³/mol. The molecule has 0 spiro atoms. The van der Waals surface area contributed by atoms with E-state index in [0.717, 1.165) is 21.6 Å². The van der Waals surface area contributed by atoms with E-state index in [1.165, 1.54) is 5.56 Å². The first kappa shape index (κ1) is 10.8. The van der Waals surface area contributed by atoms with E-state index in [2.05, 4.69) is 38.4 Å². The van der Waals surface area contributed by atoms with Gasteiger partial charge in [0, 0.05) is 22.8 Å². The van der Waals surface area contributed by atoms with E-state index in [4.69, 9.17) is 5.73 Å². The Bertz CT molecular complexity index is 453. The zero-order valence-corrected chi connectivity index (χ0v) is 10.5. The second-order valence-electron chi connectivity index (χ2n) is 3.24. The number of nitrogens with zero attached hydrogens (tertiary/aromatic N) is 1. The first-order chi connectivity index (χ1) is 7.28. The van der Waals surface area contributed by atoms with Crippen LogP contribution in [0, 0.1) is 0 Å². The minimum atomic E-state index is 0.531. The van der Waals surface area contributed by atoms with Crippen LogP contribution in [0.5, 0.6) is 0 Å².